The Morgan fingerprint density at radius 2 is 1.61 bits per heavy atom. The zero-order valence-electron chi connectivity index (χ0n) is 14.7. The smallest absolute Gasteiger partial charge is 0.255 e. The lowest BCUT2D eigenvalue weighted by atomic mass is 9.95. The van der Waals surface area contributed by atoms with Crippen LogP contribution in [0.3, 0.4) is 0 Å². The lowest BCUT2D eigenvalue weighted by Gasteiger charge is -2.30. The maximum absolute atomic E-state index is 13.4. The van der Waals surface area contributed by atoms with E-state index < -0.39 is 6.04 Å². The van der Waals surface area contributed by atoms with Crippen molar-refractivity contribution in [2.24, 2.45) is 0 Å². The van der Waals surface area contributed by atoms with Crippen molar-refractivity contribution < 1.29 is 9.59 Å². The van der Waals surface area contributed by atoms with Crippen molar-refractivity contribution in [2.45, 2.75) is 6.04 Å². The Labute approximate surface area is 172 Å². The molecule has 140 valence electrons. The van der Waals surface area contributed by atoms with E-state index >= 15 is 0 Å². The number of nitrogens with one attached hydrogen (secondary N) is 1. The number of hydrogen-bond donors (Lipinski definition) is 1. The first-order valence-electron chi connectivity index (χ1n) is 8.74. The lowest BCUT2D eigenvalue weighted by molar-refractivity contribution is -0.117. The van der Waals surface area contributed by atoms with Crippen LogP contribution < -0.4 is 5.32 Å². The summed E-state index contributed by atoms with van der Waals surface area (Å²) >= 11 is 12.2. The van der Waals surface area contributed by atoms with Gasteiger partial charge < -0.3 is 10.2 Å². The Bertz CT molecular complexity index is 1040. The molecule has 3 aromatic rings. The number of nitrogens with zero attached hydrogens (tertiary/aromatic N) is 1. The van der Waals surface area contributed by atoms with Crippen LogP contribution in [0.2, 0.25) is 10.0 Å². The molecule has 1 unspecified atom stereocenters. The molecular weight excluding hydrogens is 395 g/mol. The third-order valence-corrected chi connectivity index (χ3v) is 5.16. The van der Waals surface area contributed by atoms with Gasteiger partial charge in [0.2, 0.25) is 5.91 Å². The summed E-state index contributed by atoms with van der Waals surface area (Å²) in [5.74, 6) is -0.516. The molecule has 0 fully saturated rings. The monoisotopic (exact) mass is 410 g/mol. The summed E-state index contributed by atoms with van der Waals surface area (Å²) in [6.07, 6.45) is 0. The Morgan fingerprint density at radius 1 is 0.929 bits per heavy atom. The molecule has 3 aromatic carbocycles. The minimum Gasteiger partial charge on any atom is -0.324 e. The summed E-state index contributed by atoms with van der Waals surface area (Å²) in [5, 5.41) is 3.96. The number of amides is 2. The number of halogens is 2. The van der Waals surface area contributed by atoms with Gasteiger partial charge in [-0.15, -0.1) is 0 Å². The van der Waals surface area contributed by atoms with E-state index in [0.29, 0.717) is 21.3 Å². The summed E-state index contributed by atoms with van der Waals surface area (Å²) in [4.78, 5) is 27.5. The van der Waals surface area contributed by atoms with Crippen LogP contribution in [0.25, 0.3) is 0 Å². The normalized spacial score (nSPS) is 16.1. The second kappa shape index (κ2) is 7.66. The van der Waals surface area contributed by atoms with Gasteiger partial charge >= 0.3 is 0 Å². The summed E-state index contributed by atoms with van der Waals surface area (Å²) in [7, 11) is 0. The maximum Gasteiger partial charge on any atom is 0.255 e. The SMILES string of the molecule is O=C1CN(C(=O)c2ccc(Cl)cc2)C(c2ccccc2)c2cc(Cl)ccc2N1. The van der Waals surface area contributed by atoms with Crippen LogP contribution in [0.1, 0.15) is 27.5 Å². The highest BCUT2D eigenvalue weighted by atomic mass is 35.5. The molecule has 0 radical (unpaired) electrons. The number of benzene rings is 3. The first-order valence-corrected chi connectivity index (χ1v) is 9.49. The fourth-order valence-corrected chi connectivity index (χ4v) is 3.73. The van der Waals surface area contributed by atoms with Gasteiger partial charge in [-0.1, -0.05) is 53.5 Å². The molecule has 28 heavy (non-hydrogen) atoms. The number of hydrogen-bond acceptors (Lipinski definition) is 2. The van der Waals surface area contributed by atoms with E-state index in [1.807, 2.05) is 30.3 Å². The highest BCUT2D eigenvalue weighted by Gasteiger charge is 2.34. The number of fused-ring (bicyclic) bond motifs is 1. The van der Waals surface area contributed by atoms with Crippen LogP contribution in [0, 0.1) is 0 Å². The molecule has 1 N–H and O–H groups in total. The van der Waals surface area contributed by atoms with Crippen molar-refractivity contribution in [1.29, 1.82) is 0 Å². The van der Waals surface area contributed by atoms with Crippen LogP contribution in [0.15, 0.2) is 72.8 Å². The number of anilines is 1. The molecule has 0 aromatic heterocycles. The van der Waals surface area contributed by atoms with E-state index in [-0.39, 0.29) is 18.4 Å². The van der Waals surface area contributed by atoms with Crippen LogP contribution >= 0.6 is 23.2 Å². The van der Waals surface area contributed by atoms with Gasteiger partial charge in [-0.25, -0.2) is 0 Å². The van der Waals surface area contributed by atoms with Crippen molar-refractivity contribution in [2.75, 3.05) is 11.9 Å². The van der Waals surface area contributed by atoms with Crippen molar-refractivity contribution >= 4 is 40.7 Å². The molecule has 1 heterocycles. The molecule has 6 heteroatoms. The van der Waals surface area contributed by atoms with Crippen molar-refractivity contribution in [1.82, 2.24) is 4.90 Å². The molecule has 0 aliphatic carbocycles. The zero-order valence-corrected chi connectivity index (χ0v) is 16.2. The highest BCUT2D eigenvalue weighted by molar-refractivity contribution is 6.31. The van der Waals surface area contributed by atoms with Crippen molar-refractivity contribution in [3.05, 3.63) is 99.5 Å². The van der Waals surface area contributed by atoms with Gasteiger partial charge in [-0.3, -0.25) is 9.59 Å². The highest BCUT2D eigenvalue weighted by Crippen LogP contribution is 2.37. The predicted molar refractivity (Wildman–Crippen MR) is 111 cm³/mol. The standard InChI is InChI=1S/C22H16Cl2N2O2/c23-16-8-6-15(7-9-16)22(28)26-13-20(27)25-19-11-10-17(24)12-18(19)21(26)14-4-2-1-3-5-14/h1-12,21H,13H2,(H,25,27). The van der Waals surface area contributed by atoms with Crippen molar-refractivity contribution in [3.8, 4) is 0 Å². The minimum atomic E-state index is -0.461. The Balaban J connectivity index is 1.88. The second-order valence-corrected chi connectivity index (χ2v) is 7.41. The molecule has 0 saturated carbocycles. The van der Waals surface area contributed by atoms with Gasteiger partial charge in [-0.05, 0) is 48.0 Å². The van der Waals surface area contributed by atoms with Gasteiger partial charge in [0.15, 0.2) is 0 Å². The Morgan fingerprint density at radius 3 is 2.32 bits per heavy atom. The Kier molecular flexibility index (Phi) is 5.07. The second-order valence-electron chi connectivity index (χ2n) is 6.53. The molecule has 0 bridgehead atoms. The molecule has 0 spiro atoms. The fourth-order valence-electron chi connectivity index (χ4n) is 3.42. The molecular formula is C22H16Cl2N2O2. The molecule has 4 rings (SSSR count). The van der Waals surface area contributed by atoms with E-state index in [2.05, 4.69) is 5.32 Å². The van der Waals surface area contributed by atoms with Crippen LogP contribution in [0.4, 0.5) is 5.69 Å². The zero-order chi connectivity index (χ0) is 19.7. The summed E-state index contributed by atoms with van der Waals surface area (Å²) in [6, 6.07) is 21.1. The molecule has 1 aliphatic heterocycles. The number of carbonyl (C=O) groups excluding carboxylic acids is 2. The average Bonchev–Trinajstić information content (AvgIpc) is 2.84. The summed E-state index contributed by atoms with van der Waals surface area (Å²) in [5.41, 5.74) is 2.77. The van der Waals surface area contributed by atoms with Crippen LogP contribution in [-0.2, 0) is 4.79 Å². The lowest BCUT2D eigenvalue weighted by Crippen LogP contribution is -2.38. The van der Waals surface area contributed by atoms with Crippen LogP contribution in [-0.4, -0.2) is 23.3 Å². The average molecular weight is 411 g/mol. The van der Waals surface area contributed by atoms with Gasteiger partial charge in [0, 0.05) is 26.9 Å². The predicted octanol–water partition coefficient (Wildman–Crippen LogP) is 5.18. The third-order valence-electron chi connectivity index (χ3n) is 4.68. The van der Waals surface area contributed by atoms with E-state index in [4.69, 9.17) is 23.2 Å². The maximum atomic E-state index is 13.4. The number of carbonyl (C=O) groups is 2. The first kappa shape index (κ1) is 18.5. The molecule has 2 amide bonds. The quantitative estimate of drug-likeness (QED) is 0.632. The van der Waals surface area contributed by atoms with E-state index in [0.717, 1.165) is 11.1 Å². The van der Waals surface area contributed by atoms with E-state index in [9.17, 15) is 9.59 Å². The largest absolute Gasteiger partial charge is 0.324 e. The minimum absolute atomic E-state index is 0.0761. The van der Waals surface area contributed by atoms with E-state index in [1.165, 1.54) is 0 Å². The van der Waals surface area contributed by atoms with Crippen molar-refractivity contribution in [3.63, 3.8) is 0 Å². The third kappa shape index (κ3) is 3.61. The number of rotatable bonds is 2. The van der Waals surface area contributed by atoms with Gasteiger partial charge in [-0.2, -0.15) is 0 Å². The van der Waals surface area contributed by atoms with Crippen LogP contribution in [0.5, 0.6) is 0 Å². The topological polar surface area (TPSA) is 49.4 Å². The first-order chi connectivity index (χ1) is 13.5. The molecule has 1 atom stereocenters. The van der Waals surface area contributed by atoms with Gasteiger partial charge in [0.1, 0.15) is 6.54 Å². The van der Waals surface area contributed by atoms with Gasteiger partial charge in [0.25, 0.3) is 5.91 Å². The molecule has 4 nitrogen and oxygen atoms in total. The van der Waals surface area contributed by atoms with Gasteiger partial charge in [0.05, 0.1) is 6.04 Å². The molecule has 1 aliphatic rings. The summed E-state index contributed by atoms with van der Waals surface area (Å²) < 4.78 is 0. The van der Waals surface area contributed by atoms with E-state index in [1.54, 1.807) is 47.4 Å². The Hall–Kier alpha value is -2.82. The molecule has 0 saturated heterocycles. The fraction of sp³-hybridized carbons (Fsp3) is 0.0909. The summed E-state index contributed by atoms with van der Waals surface area (Å²) in [6.45, 7) is -0.0761.